The first-order chi connectivity index (χ1) is 16.5. The second-order valence-electron chi connectivity index (χ2n) is 7.39. The number of carbonyl (C=O) groups is 3. The van der Waals surface area contributed by atoms with Crippen molar-refractivity contribution in [3.8, 4) is 0 Å². The number of carbonyl (C=O) groups excluding carboxylic acids is 3. The third-order valence-electron chi connectivity index (χ3n) is 4.97. The van der Waals surface area contributed by atoms with Crippen LogP contribution in [0.25, 0.3) is 10.9 Å². The minimum absolute atomic E-state index is 0.0134. The molecular weight excluding hydrogens is 472 g/mol. The van der Waals surface area contributed by atoms with Crippen LogP contribution in [0.4, 0.5) is 17.6 Å². The second kappa shape index (κ2) is 10.6. The van der Waals surface area contributed by atoms with E-state index in [9.17, 15) is 31.9 Å². The lowest BCUT2D eigenvalue weighted by atomic mass is 10.1. The zero-order valence-corrected chi connectivity index (χ0v) is 18.9. The molecule has 0 saturated carbocycles. The summed E-state index contributed by atoms with van der Waals surface area (Å²) in [5, 5.41) is 1.17. The molecule has 7 nitrogen and oxygen atoms in total. The number of hydrogen-bond donors (Lipinski definition) is 0. The molecular formula is C24H22F4N2O5. The fourth-order valence-electron chi connectivity index (χ4n) is 3.43. The van der Waals surface area contributed by atoms with Crippen molar-refractivity contribution in [3.63, 3.8) is 0 Å². The lowest BCUT2D eigenvalue weighted by Gasteiger charge is -2.27. The summed E-state index contributed by atoms with van der Waals surface area (Å²) in [6, 6.07) is 9.15. The van der Waals surface area contributed by atoms with Crippen LogP contribution in [0.15, 0.2) is 48.5 Å². The number of benzene rings is 2. The molecule has 3 aromatic rings. The van der Waals surface area contributed by atoms with Crippen LogP contribution in [0, 0.1) is 5.82 Å². The van der Waals surface area contributed by atoms with E-state index in [0.717, 1.165) is 34.0 Å². The van der Waals surface area contributed by atoms with Crippen LogP contribution in [0.3, 0.4) is 0 Å². The monoisotopic (exact) mass is 494 g/mol. The Bertz CT molecular complexity index is 1240. The Balaban J connectivity index is 2.22. The number of amides is 1. The number of rotatable bonds is 8. The predicted molar refractivity (Wildman–Crippen MR) is 117 cm³/mol. The van der Waals surface area contributed by atoms with Gasteiger partial charge in [-0.2, -0.15) is 13.2 Å². The van der Waals surface area contributed by atoms with Gasteiger partial charge in [0.05, 0.1) is 30.8 Å². The standard InChI is InChI=1S/C24H22F4N2O5/c1-3-34-22(32)13-21(31)29(14-15-5-9-18(25)10-6-15)30-19-12-17(24(26,27)28)8-7-16(19)11-20(30)23(33)35-4-2/h5-12H,3-4,13-14H2,1-2H3. The molecule has 0 aliphatic carbocycles. The van der Waals surface area contributed by atoms with Gasteiger partial charge in [-0.05, 0) is 49.7 Å². The first-order valence-electron chi connectivity index (χ1n) is 10.7. The number of alkyl halides is 3. The number of esters is 2. The minimum Gasteiger partial charge on any atom is -0.466 e. The first kappa shape index (κ1) is 25.7. The molecule has 0 unspecified atom stereocenters. The predicted octanol–water partition coefficient (Wildman–Crippen LogP) is 4.59. The van der Waals surface area contributed by atoms with E-state index < -0.39 is 41.8 Å². The Morgan fingerprint density at radius 3 is 2.20 bits per heavy atom. The summed E-state index contributed by atoms with van der Waals surface area (Å²) < 4.78 is 64.7. The summed E-state index contributed by atoms with van der Waals surface area (Å²) in [6.45, 7) is 2.80. The number of nitrogens with zero attached hydrogens (tertiary/aromatic N) is 2. The Kier molecular flexibility index (Phi) is 7.78. The molecule has 3 rings (SSSR count). The number of fused-ring (bicyclic) bond motifs is 1. The van der Waals surface area contributed by atoms with Crippen molar-refractivity contribution < 1.29 is 41.4 Å². The van der Waals surface area contributed by atoms with E-state index in [4.69, 9.17) is 9.47 Å². The van der Waals surface area contributed by atoms with E-state index in [1.807, 2.05) is 0 Å². The van der Waals surface area contributed by atoms with Crippen LogP contribution in [0.5, 0.6) is 0 Å². The molecule has 1 amide bonds. The normalized spacial score (nSPS) is 11.4. The quantitative estimate of drug-likeness (QED) is 0.260. The molecule has 2 aromatic carbocycles. The van der Waals surface area contributed by atoms with Gasteiger partial charge in [0, 0.05) is 5.39 Å². The van der Waals surface area contributed by atoms with Crippen LogP contribution in [-0.4, -0.2) is 35.7 Å². The number of hydrogen-bond acceptors (Lipinski definition) is 5. The smallest absolute Gasteiger partial charge is 0.416 e. The van der Waals surface area contributed by atoms with Crippen LogP contribution in [0.1, 0.15) is 41.9 Å². The van der Waals surface area contributed by atoms with Crippen molar-refractivity contribution in [2.45, 2.75) is 33.0 Å². The van der Waals surface area contributed by atoms with E-state index in [-0.39, 0.29) is 36.4 Å². The third-order valence-corrected chi connectivity index (χ3v) is 4.97. The molecule has 1 heterocycles. The zero-order chi connectivity index (χ0) is 25.8. The molecule has 0 radical (unpaired) electrons. The van der Waals surface area contributed by atoms with Crippen molar-refractivity contribution in [2.24, 2.45) is 0 Å². The van der Waals surface area contributed by atoms with Crippen LogP contribution in [0.2, 0.25) is 0 Å². The minimum atomic E-state index is -4.69. The number of aromatic nitrogens is 1. The number of ether oxygens (including phenoxy) is 2. The van der Waals surface area contributed by atoms with Gasteiger partial charge in [-0.1, -0.05) is 18.2 Å². The molecule has 0 aliphatic rings. The fraction of sp³-hybridized carbons (Fsp3) is 0.292. The Morgan fingerprint density at radius 1 is 0.943 bits per heavy atom. The molecule has 0 fully saturated rings. The second-order valence-corrected chi connectivity index (χ2v) is 7.39. The molecule has 0 N–H and O–H groups in total. The number of halogens is 4. The van der Waals surface area contributed by atoms with Gasteiger partial charge in [-0.3, -0.25) is 9.59 Å². The van der Waals surface area contributed by atoms with E-state index in [1.165, 1.54) is 24.3 Å². The third kappa shape index (κ3) is 5.97. The average molecular weight is 494 g/mol. The highest BCUT2D eigenvalue weighted by molar-refractivity contribution is 6.03. The van der Waals surface area contributed by atoms with Crippen molar-refractivity contribution in [1.29, 1.82) is 0 Å². The maximum absolute atomic E-state index is 13.5. The Labute approximate surface area is 197 Å². The van der Waals surface area contributed by atoms with Gasteiger partial charge in [0.2, 0.25) is 0 Å². The van der Waals surface area contributed by atoms with Crippen molar-refractivity contribution in [1.82, 2.24) is 4.68 Å². The van der Waals surface area contributed by atoms with Gasteiger partial charge in [0.1, 0.15) is 17.9 Å². The van der Waals surface area contributed by atoms with Gasteiger partial charge < -0.3 is 9.47 Å². The topological polar surface area (TPSA) is 77.8 Å². The Hall–Kier alpha value is -3.89. The molecule has 35 heavy (non-hydrogen) atoms. The van der Waals surface area contributed by atoms with E-state index in [1.54, 1.807) is 13.8 Å². The van der Waals surface area contributed by atoms with Crippen molar-refractivity contribution in [3.05, 3.63) is 71.2 Å². The molecule has 186 valence electrons. The summed E-state index contributed by atoms with van der Waals surface area (Å²) >= 11 is 0. The van der Waals surface area contributed by atoms with Crippen LogP contribution < -0.4 is 5.01 Å². The summed E-state index contributed by atoms with van der Waals surface area (Å²) in [7, 11) is 0. The largest absolute Gasteiger partial charge is 0.466 e. The van der Waals surface area contributed by atoms with E-state index in [2.05, 4.69) is 0 Å². The van der Waals surface area contributed by atoms with Crippen LogP contribution in [-0.2, 0) is 31.8 Å². The molecule has 0 atom stereocenters. The molecule has 0 bridgehead atoms. The van der Waals surface area contributed by atoms with Crippen molar-refractivity contribution in [2.75, 3.05) is 18.2 Å². The van der Waals surface area contributed by atoms with Gasteiger partial charge in [0.25, 0.3) is 5.91 Å². The molecule has 1 aromatic heterocycles. The lowest BCUT2D eigenvalue weighted by molar-refractivity contribution is -0.145. The van der Waals surface area contributed by atoms with Gasteiger partial charge in [-0.15, -0.1) is 0 Å². The highest BCUT2D eigenvalue weighted by Gasteiger charge is 2.33. The van der Waals surface area contributed by atoms with E-state index >= 15 is 0 Å². The maximum Gasteiger partial charge on any atom is 0.416 e. The van der Waals surface area contributed by atoms with Gasteiger partial charge >= 0.3 is 18.1 Å². The summed E-state index contributed by atoms with van der Waals surface area (Å²) in [4.78, 5) is 38.0. The molecule has 0 saturated heterocycles. The highest BCUT2D eigenvalue weighted by Crippen LogP contribution is 2.33. The van der Waals surface area contributed by atoms with Crippen molar-refractivity contribution >= 4 is 28.7 Å². The first-order valence-corrected chi connectivity index (χ1v) is 10.7. The molecule has 11 heteroatoms. The highest BCUT2D eigenvalue weighted by atomic mass is 19.4. The zero-order valence-electron chi connectivity index (χ0n) is 18.9. The summed E-state index contributed by atoms with van der Waals surface area (Å²) in [5.74, 6) is -3.13. The summed E-state index contributed by atoms with van der Waals surface area (Å²) in [5.41, 5.74) is -0.936. The molecule has 0 aliphatic heterocycles. The van der Waals surface area contributed by atoms with Gasteiger partial charge in [-0.25, -0.2) is 18.9 Å². The van der Waals surface area contributed by atoms with Gasteiger partial charge in [0.15, 0.2) is 0 Å². The average Bonchev–Trinajstić information content (AvgIpc) is 3.17. The maximum atomic E-state index is 13.5. The lowest BCUT2D eigenvalue weighted by Crippen LogP contribution is -2.42. The van der Waals surface area contributed by atoms with Crippen LogP contribution >= 0.6 is 0 Å². The Morgan fingerprint density at radius 2 is 1.60 bits per heavy atom. The molecule has 0 spiro atoms. The fourth-order valence-corrected chi connectivity index (χ4v) is 3.43. The summed E-state index contributed by atoms with van der Waals surface area (Å²) in [6.07, 6.45) is -5.43. The van der Waals surface area contributed by atoms with E-state index in [0.29, 0.717) is 5.56 Å². The SMILES string of the molecule is CCOC(=O)CC(=O)N(Cc1ccc(F)cc1)n1c(C(=O)OCC)cc2ccc(C(F)(F)F)cc21.